The minimum Gasteiger partial charge on any atom is -0.211 e. The van der Waals surface area contributed by atoms with Crippen molar-refractivity contribution < 1.29 is 8.42 Å². The summed E-state index contributed by atoms with van der Waals surface area (Å²) in [5.74, 6) is 0.426. The molecule has 1 saturated carbocycles. The summed E-state index contributed by atoms with van der Waals surface area (Å²) in [7, 11) is -3.48. The molecule has 5 heteroatoms. The minimum absolute atomic E-state index is 0.0288. The van der Waals surface area contributed by atoms with E-state index in [2.05, 4.69) is 11.6 Å². The molecule has 1 fully saturated rings. The first-order valence-electron chi connectivity index (χ1n) is 6.45. The van der Waals surface area contributed by atoms with E-state index in [1.165, 1.54) is 6.42 Å². The van der Waals surface area contributed by atoms with Crippen molar-refractivity contribution in [1.29, 1.82) is 5.26 Å². The second-order valence-corrected chi connectivity index (χ2v) is 6.64. The van der Waals surface area contributed by atoms with E-state index in [1.807, 2.05) is 6.07 Å². The highest BCUT2D eigenvalue weighted by Gasteiger charge is 2.31. The SMILES string of the molecule is CCC1CCCCC1NS(=O)(=O)C(C#N)CC. The second kappa shape index (κ2) is 6.36. The van der Waals surface area contributed by atoms with Crippen molar-refractivity contribution >= 4 is 10.0 Å². The molecule has 0 aromatic carbocycles. The molecule has 1 aliphatic carbocycles. The Morgan fingerprint density at radius 2 is 2.00 bits per heavy atom. The fraction of sp³-hybridized carbons (Fsp3) is 0.917. The van der Waals surface area contributed by atoms with Crippen molar-refractivity contribution in [2.45, 2.75) is 63.7 Å². The maximum atomic E-state index is 12.0. The van der Waals surface area contributed by atoms with Gasteiger partial charge in [0, 0.05) is 6.04 Å². The maximum Gasteiger partial charge on any atom is 0.228 e. The van der Waals surface area contributed by atoms with Gasteiger partial charge in [0.25, 0.3) is 0 Å². The predicted molar refractivity (Wildman–Crippen MR) is 67.8 cm³/mol. The van der Waals surface area contributed by atoms with Gasteiger partial charge in [-0.1, -0.05) is 33.1 Å². The Bertz CT molecular complexity index is 372. The van der Waals surface area contributed by atoms with Crippen molar-refractivity contribution in [3.8, 4) is 6.07 Å². The number of sulfonamides is 1. The van der Waals surface area contributed by atoms with E-state index in [0.29, 0.717) is 12.3 Å². The molecular formula is C12H22N2O2S. The second-order valence-electron chi connectivity index (χ2n) is 4.75. The molecule has 0 spiro atoms. The average molecular weight is 258 g/mol. The van der Waals surface area contributed by atoms with Crippen molar-refractivity contribution in [3.63, 3.8) is 0 Å². The minimum atomic E-state index is -3.48. The quantitative estimate of drug-likeness (QED) is 0.821. The van der Waals surface area contributed by atoms with E-state index in [4.69, 9.17) is 5.26 Å². The molecule has 0 aromatic rings. The Morgan fingerprint density at radius 3 is 2.53 bits per heavy atom. The van der Waals surface area contributed by atoms with Gasteiger partial charge in [-0.25, -0.2) is 13.1 Å². The molecule has 17 heavy (non-hydrogen) atoms. The average Bonchev–Trinajstić information content (AvgIpc) is 2.30. The Labute approximate surface area is 104 Å². The number of nitrogens with zero attached hydrogens (tertiary/aromatic N) is 1. The Balaban J connectivity index is 2.72. The van der Waals surface area contributed by atoms with Crippen LogP contribution in [0.3, 0.4) is 0 Å². The van der Waals surface area contributed by atoms with Crippen molar-refractivity contribution in [3.05, 3.63) is 0 Å². The molecule has 0 heterocycles. The van der Waals surface area contributed by atoms with Gasteiger partial charge in [-0.2, -0.15) is 5.26 Å². The molecular weight excluding hydrogens is 236 g/mol. The van der Waals surface area contributed by atoms with Crippen LogP contribution in [-0.2, 0) is 10.0 Å². The van der Waals surface area contributed by atoms with E-state index in [9.17, 15) is 8.42 Å². The lowest BCUT2D eigenvalue weighted by atomic mass is 9.83. The third kappa shape index (κ3) is 3.68. The first-order chi connectivity index (χ1) is 8.05. The maximum absolute atomic E-state index is 12.0. The van der Waals surface area contributed by atoms with Crippen LogP contribution in [0.5, 0.6) is 0 Å². The van der Waals surface area contributed by atoms with Crippen molar-refractivity contribution in [2.75, 3.05) is 0 Å². The van der Waals surface area contributed by atoms with E-state index < -0.39 is 15.3 Å². The highest BCUT2D eigenvalue weighted by molar-refractivity contribution is 7.90. The Kier molecular flexibility index (Phi) is 5.41. The lowest BCUT2D eigenvalue weighted by molar-refractivity contribution is 0.282. The number of rotatable bonds is 5. The van der Waals surface area contributed by atoms with Crippen LogP contribution in [0, 0.1) is 17.2 Å². The van der Waals surface area contributed by atoms with Crippen LogP contribution in [0.2, 0.25) is 0 Å². The third-order valence-corrected chi connectivity index (χ3v) is 5.46. The van der Waals surface area contributed by atoms with E-state index in [1.54, 1.807) is 6.92 Å². The topological polar surface area (TPSA) is 70.0 Å². The van der Waals surface area contributed by atoms with Gasteiger partial charge in [-0.3, -0.25) is 0 Å². The standard InChI is InChI=1S/C12H22N2O2S/c1-3-10-7-5-6-8-12(10)14-17(15,16)11(4-2)9-13/h10-12,14H,3-8H2,1-2H3. The Morgan fingerprint density at radius 1 is 1.35 bits per heavy atom. The zero-order chi connectivity index (χ0) is 12.9. The normalized spacial score (nSPS) is 27.4. The summed E-state index contributed by atoms with van der Waals surface area (Å²) in [6, 6.07) is 1.89. The van der Waals surface area contributed by atoms with Gasteiger partial charge in [0.1, 0.15) is 0 Å². The number of nitriles is 1. The summed E-state index contributed by atoms with van der Waals surface area (Å²) >= 11 is 0. The molecule has 0 saturated heterocycles. The molecule has 0 radical (unpaired) electrons. The lowest BCUT2D eigenvalue weighted by Gasteiger charge is -2.31. The van der Waals surface area contributed by atoms with Gasteiger partial charge in [0.2, 0.25) is 10.0 Å². The zero-order valence-electron chi connectivity index (χ0n) is 10.6. The highest BCUT2D eigenvalue weighted by Crippen LogP contribution is 2.27. The van der Waals surface area contributed by atoms with Crippen LogP contribution in [0.4, 0.5) is 0 Å². The molecule has 1 rings (SSSR count). The van der Waals surface area contributed by atoms with E-state index in [0.717, 1.165) is 25.7 Å². The van der Waals surface area contributed by atoms with Crippen LogP contribution in [-0.4, -0.2) is 19.7 Å². The van der Waals surface area contributed by atoms with Crippen LogP contribution < -0.4 is 4.72 Å². The third-order valence-electron chi connectivity index (χ3n) is 3.64. The summed E-state index contributed by atoms with van der Waals surface area (Å²) in [4.78, 5) is 0. The van der Waals surface area contributed by atoms with Gasteiger partial charge < -0.3 is 0 Å². The molecule has 4 nitrogen and oxygen atoms in total. The summed E-state index contributed by atoms with van der Waals surface area (Å²) in [5.41, 5.74) is 0. The fourth-order valence-electron chi connectivity index (χ4n) is 2.52. The molecule has 98 valence electrons. The first kappa shape index (κ1) is 14.5. The summed E-state index contributed by atoms with van der Waals surface area (Å²) in [6.45, 7) is 3.82. The van der Waals surface area contributed by atoms with Crippen LogP contribution in [0.15, 0.2) is 0 Å². The zero-order valence-corrected chi connectivity index (χ0v) is 11.5. The Hall–Kier alpha value is -0.600. The van der Waals surface area contributed by atoms with Gasteiger partial charge in [0.05, 0.1) is 6.07 Å². The monoisotopic (exact) mass is 258 g/mol. The van der Waals surface area contributed by atoms with E-state index in [-0.39, 0.29) is 6.04 Å². The van der Waals surface area contributed by atoms with Gasteiger partial charge in [-0.05, 0) is 25.2 Å². The summed E-state index contributed by atoms with van der Waals surface area (Å²) in [6.07, 6.45) is 5.59. The molecule has 0 aromatic heterocycles. The van der Waals surface area contributed by atoms with Crippen molar-refractivity contribution in [1.82, 2.24) is 4.72 Å². The highest BCUT2D eigenvalue weighted by atomic mass is 32.2. The van der Waals surface area contributed by atoms with Crippen molar-refractivity contribution in [2.24, 2.45) is 5.92 Å². The molecule has 1 aliphatic rings. The number of hydrogen-bond donors (Lipinski definition) is 1. The summed E-state index contributed by atoms with van der Waals surface area (Å²) in [5, 5.41) is 7.93. The molecule has 0 aliphatic heterocycles. The first-order valence-corrected chi connectivity index (χ1v) is 8.00. The largest absolute Gasteiger partial charge is 0.228 e. The number of hydrogen-bond acceptors (Lipinski definition) is 3. The van der Waals surface area contributed by atoms with E-state index >= 15 is 0 Å². The summed E-state index contributed by atoms with van der Waals surface area (Å²) < 4.78 is 26.7. The molecule has 1 N–H and O–H groups in total. The lowest BCUT2D eigenvalue weighted by Crippen LogP contribution is -2.45. The van der Waals surface area contributed by atoms with Gasteiger partial charge in [-0.15, -0.1) is 0 Å². The van der Waals surface area contributed by atoms with Crippen LogP contribution >= 0.6 is 0 Å². The van der Waals surface area contributed by atoms with Gasteiger partial charge in [0.15, 0.2) is 5.25 Å². The fourth-order valence-corrected chi connectivity index (χ4v) is 4.00. The number of nitrogens with one attached hydrogen (secondary N) is 1. The smallest absolute Gasteiger partial charge is 0.211 e. The molecule has 0 amide bonds. The predicted octanol–water partition coefficient (Wildman–Crippen LogP) is 2.18. The van der Waals surface area contributed by atoms with Crippen LogP contribution in [0.1, 0.15) is 52.4 Å². The molecule has 3 unspecified atom stereocenters. The molecule has 0 bridgehead atoms. The van der Waals surface area contributed by atoms with Crippen LogP contribution in [0.25, 0.3) is 0 Å². The molecule has 3 atom stereocenters. The van der Waals surface area contributed by atoms with Gasteiger partial charge >= 0.3 is 0 Å².